The number of aromatic nitrogens is 2. The lowest BCUT2D eigenvalue weighted by atomic mass is 10.2. The van der Waals surface area contributed by atoms with Crippen molar-refractivity contribution in [2.24, 2.45) is 0 Å². The molecule has 0 aliphatic rings. The molecule has 0 aliphatic carbocycles. The van der Waals surface area contributed by atoms with Crippen LogP contribution in [0.25, 0.3) is 11.3 Å². The number of rotatable bonds is 7. The molecular formula is C16H16FN3O2S2. The molecule has 0 radical (unpaired) electrons. The highest BCUT2D eigenvalue weighted by molar-refractivity contribution is 7.88. The molecule has 0 atom stereocenters. The van der Waals surface area contributed by atoms with Crippen LogP contribution in [0.3, 0.4) is 0 Å². The molecule has 3 aromatic rings. The lowest BCUT2D eigenvalue weighted by molar-refractivity contribution is 0.560. The number of sulfonamides is 1. The summed E-state index contributed by atoms with van der Waals surface area (Å²) >= 11 is 1.60. The minimum Gasteiger partial charge on any atom is -0.271 e. The summed E-state index contributed by atoms with van der Waals surface area (Å²) in [5.74, 6) is -0.690. The van der Waals surface area contributed by atoms with Crippen LogP contribution >= 0.6 is 11.3 Å². The van der Waals surface area contributed by atoms with Crippen LogP contribution in [0.2, 0.25) is 0 Å². The molecule has 0 amide bonds. The second kappa shape index (κ2) is 7.25. The van der Waals surface area contributed by atoms with E-state index in [1.54, 1.807) is 22.1 Å². The van der Waals surface area contributed by atoms with Crippen molar-refractivity contribution in [1.29, 1.82) is 0 Å². The standard InChI is InChI=1S/C16H16FN3O2S2/c17-15-3-1-2-13(10-15)12-24(21,22)18-6-8-20-7-4-16(19-20)14-5-9-23-11-14/h1-5,7,9-11,18H,6,8,12H2. The predicted octanol–water partition coefficient (Wildman–Crippen LogP) is 2.87. The Hall–Kier alpha value is -2.03. The van der Waals surface area contributed by atoms with Crippen LogP contribution in [0.5, 0.6) is 0 Å². The zero-order chi connectivity index (χ0) is 17.0. The van der Waals surface area contributed by atoms with Gasteiger partial charge in [0.05, 0.1) is 18.0 Å². The molecule has 2 aromatic heterocycles. The van der Waals surface area contributed by atoms with E-state index in [2.05, 4.69) is 9.82 Å². The second-order valence-electron chi connectivity index (χ2n) is 5.26. The van der Waals surface area contributed by atoms with E-state index in [4.69, 9.17) is 0 Å². The van der Waals surface area contributed by atoms with E-state index < -0.39 is 15.8 Å². The Balaban J connectivity index is 1.54. The van der Waals surface area contributed by atoms with Gasteiger partial charge in [-0.1, -0.05) is 12.1 Å². The average molecular weight is 365 g/mol. The normalized spacial score (nSPS) is 11.7. The molecule has 0 spiro atoms. The molecule has 1 N–H and O–H groups in total. The van der Waals surface area contributed by atoms with E-state index in [1.165, 1.54) is 18.2 Å². The van der Waals surface area contributed by atoms with E-state index in [0.717, 1.165) is 11.3 Å². The first-order valence-corrected chi connectivity index (χ1v) is 9.89. The molecule has 0 aliphatic heterocycles. The zero-order valence-electron chi connectivity index (χ0n) is 12.7. The maximum Gasteiger partial charge on any atom is 0.215 e. The van der Waals surface area contributed by atoms with Crippen LogP contribution < -0.4 is 4.72 Å². The average Bonchev–Trinajstić information content (AvgIpc) is 3.17. The van der Waals surface area contributed by atoms with Gasteiger partial charge < -0.3 is 0 Å². The van der Waals surface area contributed by atoms with Crippen molar-refractivity contribution < 1.29 is 12.8 Å². The smallest absolute Gasteiger partial charge is 0.215 e. The number of hydrogen-bond donors (Lipinski definition) is 1. The summed E-state index contributed by atoms with van der Waals surface area (Å²) in [5.41, 5.74) is 2.32. The molecule has 3 rings (SSSR count). The van der Waals surface area contributed by atoms with Crippen LogP contribution in [0.15, 0.2) is 53.4 Å². The summed E-state index contributed by atoms with van der Waals surface area (Å²) < 4.78 is 41.4. The lowest BCUT2D eigenvalue weighted by Gasteiger charge is -2.07. The van der Waals surface area contributed by atoms with Gasteiger partial charge in [0.25, 0.3) is 0 Å². The third kappa shape index (κ3) is 4.50. The summed E-state index contributed by atoms with van der Waals surface area (Å²) in [6.45, 7) is 0.648. The number of halogens is 1. The zero-order valence-corrected chi connectivity index (χ0v) is 14.4. The molecule has 0 bridgehead atoms. The van der Waals surface area contributed by atoms with Gasteiger partial charge in [0, 0.05) is 23.7 Å². The van der Waals surface area contributed by atoms with E-state index in [-0.39, 0.29) is 12.3 Å². The van der Waals surface area contributed by atoms with Gasteiger partial charge in [0.1, 0.15) is 5.82 Å². The number of benzene rings is 1. The van der Waals surface area contributed by atoms with Gasteiger partial charge in [-0.25, -0.2) is 17.5 Å². The van der Waals surface area contributed by atoms with E-state index in [9.17, 15) is 12.8 Å². The van der Waals surface area contributed by atoms with Gasteiger partial charge in [0.15, 0.2) is 0 Å². The van der Waals surface area contributed by atoms with Gasteiger partial charge in [-0.15, -0.1) is 0 Å². The topological polar surface area (TPSA) is 64.0 Å². The quantitative estimate of drug-likeness (QED) is 0.700. The van der Waals surface area contributed by atoms with E-state index in [1.807, 2.05) is 29.1 Å². The molecule has 24 heavy (non-hydrogen) atoms. The number of nitrogens with one attached hydrogen (secondary N) is 1. The van der Waals surface area contributed by atoms with Gasteiger partial charge >= 0.3 is 0 Å². The molecule has 1 aromatic carbocycles. The monoisotopic (exact) mass is 365 g/mol. The molecule has 0 unspecified atom stereocenters. The van der Waals surface area contributed by atoms with Crippen LogP contribution in [0.4, 0.5) is 4.39 Å². The largest absolute Gasteiger partial charge is 0.271 e. The minimum absolute atomic E-state index is 0.225. The van der Waals surface area contributed by atoms with Crippen molar-refractivity contribution in [3.63, 3.8) is 0 Å². The van der Waals surface area contributed by atoms with Crippen molar-refractivity contribution in [2.75, 3.05) is 6.54 Å². The Morgan fingerprint density at radius 3 is 2.88 bits per heavy atom. The van der Waals surface area contributed by atoms with Crippen molar-refractivity contribution in [2.45, 2.75) is 12.3 Å². The molecule has 0 saturated carbocycles. The summed E-state index contributed by atoms with van der Waals surface area (Å²) in [5, 5.41) is 8.40. The maximum atomic E-state index is 13.1. The lowest BCUT2D eigenvalue weighted by Crippen LogP contribution is -2.28. The fraction of sp³-hybridized carbons (Fsp3) is 0.188. The molecule has 0 saturated heterocycles. The molecular weight excluding hydrogens is 349 g/mol. The third-order valence-corrected chi connectivity index (χ3v) is 5.41. The summed E-state index contributed by atoms with van der Waals surface area (Å²) in [6, 6.07) is 9.47. The number of nitrogens with zero attached hydrogens (tertiary/aromatic N) is 2. The summed E-state index contributed by atoms with van der Waals surface area (Å²) in [4.78, 5) is 0. The molecule has 0 fully saturated rings. The molecule has 2 heterocycles. The Morgan fingerprint density at radius 1 is 1.25 bits per heavy atom. The Labute approximate surface area is 143 Å². The Bertz CT molecular complexity index is 905. The Morgan fingerprint density at radius 2 is 2.12 bits per heavy atom. The number of thiophene rings is 1. The van der Waals surface area contributed by atoms with Crippen molar-refractivity contribution >= 4 is 21.4 Å². The van der Waals surface area contributed by atoms with Gasteiger partial charge in [-0.05, 0) is 35.2 Å². The SMILES string of the molecule is O=S(=O)(Cc1cccc(F)c1)NCCn1ccc(-c2ccsc2)n1. The predicted molar refractivity (Wildman–Crippen MR) is 92.6 cm³/mol. The molecule has 5 nitrogen and oxygen atoms in total. The number of hydrogen-bond acceptors (Lipinski definition) is 4. The maximum absolute atomic E-state index is 13.1. The molecule has 8 heteroatoms. The van der Waals surface area contributed by atoms with Crippen LogP contribution in [-0.4, -0.2) is 24.7 Å². The van der Waals surface area contributed by atoms with Crippen LogP contribution in [-0.2, 0) is 22.3 Å². The first-order chi connectivity index (χ1) is 11.5. The minimum atomic E-state index is -3.51. The summed E-state index contributed by atoms with van der Waals surface area (Å²) in [6.07, 6.45) is 1.81. The van der Waals surface area contributed by atoms with E-state index >= 15 is 0 Å². The van der Waals surface area contributed by atoms with Crippen molar-refractivity contribution in [3.05, 3.63) is 64.7 Å². The van der Waals surface area contributed by atoms with Gasteiger partial charge in [-0.3, -0.25) is 4.68 Å². The first kappa shape index (κ1) is 16.8. The van der Waals surface area contributed by atoms with Crippen molar-refractivity contribution in [1.82, 2.24) is 14.5 Å². The van der Waals surface area contributed by atoms with Gasteiger partial charge in [0.2, 0.25) is 10.0 Å². The summed E-state index contributed by atoms with van der Waals surface area (Å²) in [7, 11) is -3.51. The highest BCUT2D eigenvalue weighted by atomic mass is 32.2. The second-order valence-corrected chi connectivity index (χ2v) is 7.85. The fourth-order valence-electron chi connectivity index (χ4n) is 2.26. The highest BCUT2D eigenvalue weighted by Crippen LogP contribution is 2.19. The van der Waals surface area contributed by atoms with Crippen LogP contribution in [0, 0.1) is 5.82 Å². The first-order valence-electron chi connectivity index (χ1n) is 7.30. The van der Waals surface area contributed by atoms with Gasteiger partial charge in [-0.2, -0.15) is 16.4 Å². The van der Waals surface area contributed by atoms with Crippen molar-refractivity contribution in [3.8, 4) is 11.3 Å². The van der Waals surface area contributed by atoms with Crippen LogP contribution in [0.1, 0.15) is 5.56 Å². The van der Waals surface area contributed by atoms with E-state index in [0.29, 0.717) is 12.1 Å². The Kier molecular flexibility index (Phi) is 5.08. The third-order valence-electron chi connectivity index (χ3n) is 3.37. The highest BCUT2D eigenvalue weighted by Gasteiger charge is 2.11. The molecule has 126 valence electrons. The fourth-order valence-corrected chi connectivity index (χ4v) is 4.04.